The van der Waals surface area contributed by atoms with Crippen LogP contribution in [0.5, 0.6) is 5.75 Å². The number of nitrogens with one attached hydrogen (secondary N) is 1. The van der Waals surface area contributed by atoms with E-state index < -0.39 is 5.92 Å². The highest BCUT2D eigenvalue weighted by molar-refractivity contribution is 6.07. The predicted octanol–water partition coefficient (Wildman–Crippen LogP) is 4.40. The number of carbonyl (C=O) groups excluding carboxylic acids is 2. The second kappa shape index (κ2) is 9.80. The van der Waals surface area contributed by atoms with Gasteiger partial charge >= 0.3 is 0 Å². The summed E-state index contributed by atoms with van der Waals surface area (Å²) in [5.41, 5.74) is 3.20. The van der Waals surface area contributed by atoms with Gasteiger partial charge in [-0.1, -0.05) is 47.6 Å². The van der Waals surface area contributed by atoms with E-state index in [0.29, 0.717) is 36.9 Å². The summed E-state index contributed by atoms with van der Waals surface area (Å²) in [6, 6.07) is 24.3. The van der Waals surface area contributed by atoms with Crippen molar-refractivity contribution in [2.24, 2.45) is 5.92 Å². The van der Waals surface area contributed by atoms with Gasteiger partial charge in [-0.2, -0.15) is 4.98 Å². The van der Waals surface area contributed by atoms with Crippen molar-refractivity contribution < 1.29 is 18.8 Å². The average Bonchev–Trinajstić information content (AvgIpc) is 3.53. The summed E-state index contributed by atoms with van der Waals surface area (Å²) in [5, 5.41) is 6.89. The van der Waals surface area contributed by atoms with Crippen molar-refractivity contribution in [2.75, 3.05) is 19.0 Å². The second-order valence-electron chi connectivity index (χ2n) is 8.30. The number of nitrogens with zero attached hydrogens (tertiary/aromatic N) is 3. The fourth-order valence-corrected chi connectivity index (χ4v) is 4.06. The fourth-order valence-electron chi connectivity index (χ4n) is 4.06. The molecule has 0 aliphatic carbocycles. The van der Waals surface area contributed by atoms with Crippen LogP contribution < -0.4 is 10.1 Å². The molecule has 0 spiro atoms. The SMILES string of the molecule is COc1ccc(CN2CC[C@@H](C(=O)Nc3ccc(-c4nc(-c5ccccc5)no4)cc3)C2=O)cc1. The number of aromatic nitrogens is 2. The molecule has 1 fully saturated rings. The Morgan fingerprint density at radius 2 is 1.77 bits per heavy atom. The molecule has 0 saturated carbocycles. The standard InChI is InChI=1S/C27H24N4O4/c1-34-22-13-7-18(8-14-22)17-31-16-15-23(27(31)33)25(32)28-21-11-9-20(10-12-21)26-29-24(30-35-26)19-5-3-2-4-6-19/h2-14,23H,15-17H2,1H3,(H,28,32)/t23-/m0/s1. The third-order valence-corrected chi connectivity index (χ3v) is 6.00. The highest BCUT2D eigenvalue weighted by Crippen LogP contribution is 2.26. The number of amides is 2. The summed E-state index contributed by atoms with van der Waals surface area (Å²) in [4.78, 5) is 31.8. The minimum absolute atomic E-state index is 0.158. The zero-order valence-corrected chi connectivity index (χ0v) is 19.2. The van der Waals surface area contributed by atoms with Crippen molar-refractivity contribution in [3.8, 4) is 28.6 Å². The van der Waals surface area contributed by atoms with Crippen molar-refractivity contribution in [3.05, 3.63) is 84.4 Å². The lowest BCUT2D eigenvalue weighted by atomic mass is 10.1. The van der Waals surface area contributed by atoms with Crippen LogP contribution in [-0.2, 0) is 16.1 Å². The minimum atomic E-state index is -0.697. The molecule has 1 atom stereocenters. The molecule has 8 nitrogen and oxygen atoms in total. The molecule has 1 N–H and O–H groups in total. The van der Waals surface area contributed by atoms with Crippen molar-refractivity contribution in [1.29, 1.82) is 0 Å². The van der Waals surface area contributed by atoms with Crippen LogP contribution in [-0.4, -0.2) is 40.5 Å². The number of benzene rings is 3. The lowest BCUT2D eigenvalue weighted by Crippen LogP contribution is -2.32. The van der Waals surface area contributed by atoms with E-state index in [2.05, 4.69) is 15.5 Å². The highest BCUT2D eigenvalue weighted by Gasteiger charge is 2.36. The maximum atomic E-state index is 12.8. The first-order valence-corrected chi connectivity index (χ1v) is 11.3. The lowest BCUT2D eigenvalue weighted by molar-refractivity contribution is -0.136. The fraction of sp³-hybridized carbons (Fsp3) is 0.185. The Balaban J connectivity index is 1.19. The summed E-state index contributed by atoms with van der Waals surface area (Å²) in [6.45, 7) is 1.01. The molecule has 0 unspecified atom stereocenters. The van der Waals surface area contributed by atoms with E-state index in [9.17, 15) is 9.59 Å². The number of hydrogen-bond donors (Lipinski definition) is 1. The Kier molecular flexibility index (Phi) is 6.26. The molecule has 0 bridgehead atoms. The molecule has 8 heteroatoms. The summed E-state index contributed by atoms with van der Waals surface area (Å²) >= 11 is 0. The first-order valence-electron chi connectivity index (χ1n) is 11.3. The molecule has 0 radical (unpaired) electrons. The number of hydrogen-bond acceptors (Lipinski definition) is 6. The van der Waals surface area contributed by atoms with E-state index in [4.69, 9.17) is 9.26 Å². The van der Waals surface area contributed by atoms with Gasteiger partial charge in [0, 0.05) is 29.9 Å². The number of rotatable bonds is 7. The Morgan fingerprint density at radius 3 is 2.49 bits per heavy atom. The predicted molar refractivity (Wildman–Crippen MR) is 130 cm³/mol. The maximum absolute atomic E-state index is 12.8. The molecular formula is C27H24N4O4. The van der Waals surface area contributed by atoms with Gasteiger partial charge in [-0.05, 0) is 48.4 Å². The van der Waals surface area contributed by atoms with Crippen LogP contribution in [0.25, 0.3) is 22.8 Å². The number of carbonyl (C=O) groups is 2. The van der Waals surface area contributed by atoms with E-state index in [1.54, 1.807) is 36.3 Å². The number of methoxy groups -OCH3 is 1. The maximum Gasteiger partial charge on any atom is 0.258 e. The van der Waals surface area contributed by atoms with Crippen molar-refractivity contribution in [1.82, 2.24) is 15.0 Å². The van der Waals surface area contributed by atoms with Gasteiger partial charge in [0.1, 0.15) is 11.7 Å². The van der Waals surface area contributed by atoms with Gasteiger partial charge in [-0.25, -0.2) is 0 Å². The zero-order chi connectivity index (χ0) is 24.2. The van der Waals surface area contributed by atoms with Gasteiger partial charge in [0.2, 0.25) is 17.6 Å². The minimum Gasteiger partial charge on any atom is -0.497 e. The van der Waals surface area contributed by atoms with Gasteiger partial charge in [0.25, 0.3) is 5.89 Å². The third kappa shape index (κ3) is 4.91. The first kappa shape index (κ1) is 22.3. The Bertz CT molecular complexity index is 1320. The number of anilines is 1. The van der Waals surface area contributed by atoms with Gasteiger partial charge < -0.3 is 19.5 Å². The molecule has 2 amide bonds. The van der Waals surface area contributed by atoms with Crippen LogP contribution in [0.2, 0.25) is 0 Å². The zero-order valence-electron chi connectivity index (χ0n) is 19.2. The van der Waals surface area contributed by atoms with Crippen molar-refractivity contribution in [2.45, 2.75) is 13.0 Å². The third-order valence-electron chi connectivity index (χ3n) is 6.00. The molecule has 3 aromatic carbocycles. The molecule has 176 valence electrons. The number of likely N-dealkylation sites (tertiary alicyclic amines) is 1. The quantitative estimate of drug-likeness (QED) is 0.404. The Labute approximate surface area is 202 Å². The highest BCUT2D eigenvalue weighted by atomic mass is 16.5. The normalized spacial score (nSPS) is 15.3. The van der Waals surface area contributed by atoms with Gasteiger partial charge in [-0.15, -0.1) is 0 Å². The van der Waals surface area contributed by atoms with Crippen LogP contribution in [0, 0.1) is 5.92 Å². The van der Waals surface area contributed by atoms with Gasteiger partial charge in [0.05, 0.1) is 7.11 Å². The molecule has 1 saturated heterocycles. The Hall–Kier alpha value is -4.46. The Morgan fingerprint density at radius 1 is 1.03 bits per heavy atom. The molecular weight excluding hydrogens is 444 g/mol. The molecule has 35 heavy (non-hydrogen) atoms. The van der Waals surface area contributed by atoms with E-state index in [-0.39, 0.29) is 11.8 Å². The molecule has 1 aromatic heterocycles. The number of ether oxygens (including phenoxy) is 1. The van der Waals surface area contributed by atoms with Gasteiger partial charge in [-0.3, -0.25) is 9.59 Å². The van der Waals surface area contributed by atoms with Crippen LogP contribution >= 0.6 is 0 Å². The summed E-state index contributed by atoms with van der Waals surface area (Å²) < 4.78 is 10.6. The molecule has 1 aliphatic heterocycles. The summed E-state index contributed by atoms with van der Waals surface area (Å²) in [7, 11) is 1.61. The van der Waals surface area contributed by atoms with E-state index in [1.807, 2.05) is 54.6 Å². The van der Waals surface area contributed by atoms with Crippen LogP contribution in [0.15, 0.2) is 83.4 Å². The largest absolute Gasteiger partial charge is 0.497 e. The van der Waals surface area contributed by atoms with E-state index in [1.165, 1.54) is 0 Å². The average molecular weight is 469 g/mol. The molecule has 5 rings (SSSR count). The van der Waals surface area contributed by atoms with Crippen molar-refractivity contribution in [3.63, 3.8) is 0 Å². The van der Waals surface area contributed by atoms with Crippen LogP contribution in [0.3, 0.4) is 0 Å². The molecule has 2 heterocycles. The van der Waals surface area contributed by atoms with E-state index in [0.717, 1.165) is 22.4 Å². The second-order valence-corrected chi connectivity index (χ2v) is 8.30. The lowest BCUT2D eigenvalue weighted by Gasteiger charge is -2.17. The van der Waals surface area contributed by atoms with E-state index >= 15 is 0 Å². The molecule has 1 aliphatic rings. The smallest absolute Gasteiger partial charge is 0.258 e. The molecule has 4 aromatic rings. The summed E-state index contributed by atoms with van der Waals surface area (Å²) in [5.74, 6) is 0.509. The summed E-state index contributed by atoms with van der Waals surface area (Å²) in [6.07, 6.45) is 0.489. The van der Waals surface area contributed by atoms with Crippen molar-refractivity contribution >= 4 is 17.5 Å². The van der Waals surface area contributed by atoms with Crippen LogP contribution in [0.4, 0.5) is 5.69 Å². The first-order chi connectivity index (χ1) is 17.1. The monoisotopic (exact) mass is 468 g/mol. The topological polar surface area (TPSA) is 97.6 Å². The van der Waals surface area contributed by atoms with Crippen LogP contribution in [0.1, 0.15) is 12.0 Å². The van der Waals surface area contributed by atoms with Gasteiger partial charge in [0.15, 0.2) is 0 Å².